The summed E-state index contributed by atoms with van der Waals surface area (Å²) in [5.74, 6) is -0.421. The maximum absolute atomic E-state index is 13.8. The molecule has 232 valence electrons. The van der Waals surface area contributed by atoms with Crippen LogP contribution < -0.4 is 16.0 Å². The zero-order valence-corrected chi connectivity index (χ0v) is 26.4. The Bertz CT molecular complexity index is 1310. The summed E-state index contributed by atoms with van der Waals surface area (Å²) in [6.45, 7) is 13.8. The third-order valence-corrected chi connectivity index (χ3v) is 9.66. The predicted octanol–water partition coefficient (Wildman–Crippen LogP) is 4.96. The molecular weight excluding hydrogens is 538 g/mol. The van der Waals surface area contributed by atoms with E-state index in [2.05, 4.69) is 71.2 Å². The molecule has 2 unspecified atom stereocenters. The number of hydrogen-bond acceptors (Lipinski definition) is 6. The van der Waals surface area contributed by atoms with E-state index in [-0.39, 0.29) is 29.7 Å². The number of carbonyl (C=O) groups excluding carboxylic acids is 2. The number of hydrogen-bond donors (Lipinski definition) is 2. The Hall–Kier alpha value is -3.07. The quantitative estimate of drug-likeness (QED) is 0.430. The molecule has 2 atom stereocenters. The molecule has 3 aliphatic rings. The highest BCUT2D eigenvalue weighted by molar-refractivity contribution is 6.00. The van der Waals surface area contributed by atoms with Crippen LogP contribution in [0.5, 0.6) is 0 Å². The summed E-state index contributed by atoms with van der Waals surface area (Å²) in [6.07, 6.45) is 4.93. The molecular formula is C35H49N5O3. The lowest BCUT2D eigenvalue weighted by molar-refractivity contribution is -0.123. The predicted molar refractivity (Wildman–Crippen MR) is 174 cm³/mol. The van der Waals surface area contributed by atoms with E-state index >= 15 is 0 Å². The van der Waals surface area contributed by atoms with Crippen molar-refractivity contribution in [3.8, 4) is 11.1 Å². The molecule has 0 aromatic heterocycles. The molecule has 2 fully saturated rings. The number of aliphatic imine (C=N–C) groups is 1. The molecule has 8 nitrogen and oxygen atoms in total. The van der Waals surface area contributed by atoms with Gasteiger partial charge in [0.25, 0.3) is 11.8 Å². The first-order valence-electron chi connectivity index (χ1n) is 16.2. The lowest BCUT2D eigenvalue weighted by Crippen LogP contribution is -2.41. The van der Waals surface area contributed by atoms with Gasteiger partial charge in [0, 0.05) is 61.8 Å². The molecule has 2 amide bonds. The summed E-state index contributed by atoms with van der Waals surface area (Å²) in [5.41, 5.74) is 13.2. The number of nitrogens with two attached hydrogens (primary N) is 1. The number of anilines is 1. The third kappa shape index (κ3) is 7.54. The van der Waals surface area contributed by atoms with Gasteiger partial charge in [0.05, 0.1) is 19.1 Å². The van der Waals surface area contributed by atoms with Gasteiger partial charge in [-0.3, -0.25) is 14.5 Å². The van der Waals surface area contributed by atoms with Gasteiger partial charge in [-0.2, -0.15) is 0 Å². The number of rotatable bonds is 9. The second kappa shape index (κ2) is 14.1. The molecule has 0 bridgehead atoms. The summed E-state index contributed by atoms with van der Waals surface area (Å²) in [7, 11) is 0. The zero-order chi connectivity index (χ0) is 30.5. The highest BCUT2D eigenvalue weighted by Crippen LogP contribution is 2.35. The maximum atomic E-state index is 13.8. The maximum Gasteiger partial charge on any atom is 0.251 e. The van der Waals surface area contributed by atoms with Gasteiger partial charge in [-0.25, -0.2) is 4.99 Å². The smallest absolute Gasteiger partial charge is 0.251 e. The van der Waals surface area contributed by atoms with Gasteiger partial charge in [-0.1, -0.05) is 31.2 Å². The Morgan fingerprint density at radius 1 is 1.07 bits per heavy atom. The number of benzene rings is 2. The van der Waals surface area contributed by atoms with Crippen LogP contribution in [0.2, 0.25) is 0 Å². The Kier molecular flexibility index (Phi) is 10.3. The van der Waals surface area contributed by atoms with Crippen molar-refractivity contribution in [3.05, 3.63) is 53.1 Å². The molecule has 2 aliphatic heterocycles. The standard InChI is InChI=1S/C35H49N5O3/c1-5-40(30-12-10-29(36)11-13-30)33-20-28(27-8-6-26(7-9-27)22-39-14-16-43-17-15-39)19-31(25(33)4)34(41)37-21-32-23(2)18-24(3)38-35(32)42/h6-9,19-20,23,29-30,32H,5,10-18,21-22,36H2,1-4H3,(H,37,41). The van der Waals surface area contributed by atoms with Gasteiger partial charge >= 0.3 is 0 Å². The minimum atomic E-state index is -0.298. The fourth-order valence-electron chi connectivity index (χ4n) is 7.01. The molecule has 43 heavy (non-hydrogen) atoms. The summed E-state index contributed by atoms with van der Waals surface area (Å²) in [4.78, 5) is 35.5. The van der Waals surface area contributed by atoms with Crippen molar-refractivity contribution >= 4 is 23.2 Å². The number of amides is 2. The molecule has 1 saturated carbocycles. The fourth-order valence-corrected chi connectivity index (χ4v) is 7.01. The molecule has 2 heterocycles. The normalized spacial score (nSPS) is 24.9. The molecule has 1 aliphatic carbocycles. The second-order valence-corrected chi connectivity index (χ2v) is 12.8. The van der Waals surface area contributed by atoms with Crippen LogP contribution in [-0.2, 0) is 16.1 Å². The van der Waals surface area contributed by atoms with E-state index < -0.39 is 0 Å². The first kappa shape index (κ1) is 31.4. The van der Waals surface area contributed by atoms with Gasteiger partial charge in [0.15, 0.2) is 0 Å². The van der Waals surface area contributed by atoms with E-state index in [0.29, 0.717) is 18.2 Å². The molecule has 8 heteroatoms. The summed E-state index contributed by atoms with van der Waals surface area (Å²) in [6, 6.07) is 13.7. The van der Waals surface area contributed by atoms with E-state index in [1.165, 1.54) is 5.56 Å². The topological polar surface area (TPSA) is 100 Å². The van der Waals surface area contributed by atoms with Crippen LogP contribution in [0.25, 0.3) is 11.1 Å². The minimum Gasteiger partial charge on any atom is -0.379 e. The summed E-state index contributed by atoms with van der Waals surface area (Å²) in [5, 5.41) is 3.11. The number of nitrogens with zero attached hydrogens (tertiary/aromatic N) is 3. The van der Waals surface area contributed by atoms with Gasteiger partial charge in [0.2, 0.25) is 0 Å². The Balaban J connectivity index is 1.43. The highest BCUT2D eigenvalue weighted by atomic mass is 16.5. The monoisotopic (exact) mass is 587 g/mol. The second-order valence-electron chi connectivity index (χ2n) is 12.8. The number of carbonyl (C=O) groups is 2. The van der Waals surface area contributed by atoms with Crippen molar-refractivity contribution in [1.82, 2.24) is 10.2 Å². The minimum absolute atomic E-state index is 0.132. The molecule has 2 aromatic rings. The molecule has 0 spiro atoms. The van der Waals surface area contributed by atoms with Gasteiger partial charge in [0.1, 0.15) is 0 Å². The van der Waals surface area contributed by atoms with E-state index in [0.717, 1.165) is 99.6 Å². The Labute approximate surface area is 257 Å². The van der Waals surface area contributed by atoms with Crippen molar-refractivity contribution < 1.29 is 14.3 Å². The van der Waals surface area contributed by atoms with E-state index in [1.807, 2.05) is 13.0 Å². The molecule has 3 N–H and O–H groups in total. The van der Waals surface area contributed by atoms with Crippen LogP contribution in [0.15, 0.2) is 41.4 Å². The summed E-state index contributed by atoms with van der Waals surface area (Å²) < 4.78 is 5.50. The average Bonchev–Trinajstić information content (AvgIpc) is 2.99. The highest BCUT2D eigenvalue weighted by Gasteiger charge is 2.31. The van der Waals surface area contributed by atoms with Crippen LogP contribution in [0.4, 0.5) is 5.69 Å². The van der Waals surface area contributed by atoms with E-state index in [1.54, 1.807) is 0 Å². The molecule has 1 saturated heterocycles. The van der Waals surface area contributed by atoms with Gasteiger partial charge in [-0.15, -0.1) is 0 Å². The number of nitrogens with one attached hydrogen (secondary N) is 1. The van der Waals surface area contributed by atoms with E-state index in [4.69, 9.17) is 10.5 Å². The van der Waals surface area contributed by atoms with Crippen LogP contribution in [-0.4, -0.2) is 73.9 Å². The first-order valence-corrected chi connectivity index (χ1v) is 16.2. The van der Waals surface area contributed by atoms with Crippen LogP contribution in [0, 0.1) is 18.8 Å². The largest absolute Gasteiger partial charge is 0.379 e. The lowest BCUT2D eigenvalue weighted by atomic mass is 9.86. The fraction of sp³-hybridized carbons (Fsp3) is 0.571. The summed E-state index contributed by atoms with van der Waals surface area (Å²) >= 11 is 0. The van der Waals surface area contributed by atoms with Crippen LogP contribution in [0.1, 0.15) is 74.4 Å². The Morgan fingerprint density at radius 3 is 2.42 bits per heavy atom. The molecule has 5 rings (SSSR count). The van der Waals surface area contributed by atoms with Crippen molar-refractivity contribution in [2.75, 3.05) is 44.3 Å². The van der Waals surface area contributed by atoms with Crippen molar-refractivity contribution in [2.24, 2.45) is 22.6 Å². The van der Waals surface area contributed by atoms with Crippen LogP contribution >= 0.6 is 0 Å². The van der Waals surface area contributed by atoms with Crippen molar-refractivity contribution in [3.63, 3.8) is 0 Å². The number of ether oxygens (including phenoxy) is 1. The number of morpholine rings is 1. The van der Waals surface area contributed by atoms with E-state index in [9.17, 15) is 9.59 Å². The average molecular weight is 588 g/mol. The SMILES string of the molecule is CCN(c1cc(-c2ccc(CN3CCOCC3)cc2)cc(C(=O)NCC2C(=O)N=C(C)CC2C)c1C)C1CCC(N)CC1. The van der Waals surface area contributed by atoms with Crippen molar-refractivity contribution in [1.29, 1.82) is 0 Å². The lowest BCUT2D eigenvalue weighted by Gasteiger charge is -2.38. The molecule has 2 aromatic carbocycles. The zero-order valence-electron chi connectivity index (χ0n) is 26.4. The van der Waals surface area contributed by atoms with Gasteiger partial charge < -0.3 is 20.7 Å². The Morgan fingerprint density at radius 2 is 1.77 bits per heavy atom. The van der Waals surface area contributed by atoms with Crippen molar-refractivity contribution in [2.45, 2.75) is 78.4 Å². The van der Waals surface area contributed by atoms with Crippen LogP contribution in [0.3, 0.4) is 0 Å². The molecule has 0 radical (unpaired) electrons. The third-order valence-electron chi connectivity index (χ3n) is 9.66. The first-order chi connectivity index (χ1) is 20.7. The van der Waals surface area contributed by atoms with Gasteiger partial charge in [-0.05, 0) is 93.2 Å².